The summed E-state index contributed by atoms with van der Waals surface area (Å²) in [5, 5.41) is 18.9. The molecule has 1 heterocycles. The molecule has 5 nitrogen and oxygen atoms in total. The normalized spacial score (nSPS) is 9.62. The third-order valence-corrected chi connectivity index (χ3v) is 2.73. The molecule has 1 aromatic carbocycles. The van der Waals surface area contributed by atoms with Gasteiger partial charge in [0.1, 0.15) is 0 Å². The van der Waals surface area contributed by atoms with Gasteiger partial charge in [-0.1, -0.05) is 17.9 Å². The Hall–Kier alpha value is -2.71. The highest BCUT2D eigenvalue weighted by Gasteiger charge is 2.08. The first kappa shape index (κ1) is 14.7. The molecule has 0 fully saturated rings. The molecule has 21 heavy (non-hydrogen) atoms. The number of aromatic nitrogens is 2. The van der Waals surface area contributed by atoms with Crippen molar-refractivity contribution in [3.63, 3.8) is 0 Å². The summed E-state index contributed by atoms with van der Waals surface area (Å²) < 4.78 is 0. The Labute approximate surface area is 123 Å². The maximum Gasteiger partial charge on any atom is 0.257 e. The summed E-state index contributed by atoms with van der Waals surface area (Å²) in [6.07, 6.45) is 3.27. The van der Waals surface area contributed by atoms with Gasteiger partial charge in [-0.05, 0) is 30.7 Å². The minimum absolute atomic E-state index is 0.0171. The zero-order chi connectivity index (χ0) is 15.1. The van der Waals surface area contributed by atoms with E-state index in [1.165, 1.54) is 12.4 Å². The van der Waals surface area contributed by atoms with Gasteiger partial charge in [-0.25, -0.2) is 0 Å². The van der Waals surface area contributed by atoms with Gasteiger partial charge < -0.3 is 10.4 Å². The molecule has 2 N–H and O–H groups in total. The van der Waals surface area contributed by atoms with Crippen molar-refractivity contribution in [3.8, 4) is 11.8 Å². The lowest BCUT2D eigenvalue weighted by molar-refractivity contribution is 0.102. The lowest BCUT2D eigenvalue weighted by Gasteiger charge is -2.08. The Kier molecular flexibility index (Phi) is 5.02. The van der Waals surface area contributed by atoms with E-state index in [9.17, 15) is 4.79 Å². The van der Waals surface area contributed by atoms with Gasteiger partial charge in [0, 0.05) is 12.0 Å². The molecule has 5 heteroatoms. The molecule has 0 aliphatic rings. The minimum atomic E-state index is -0.263. The quantitative estimate of drug-likeness (QED) is 0.841. The van der Waals surface area contributed by atoms with Crippen LogP contribution < -0.4 is 5.32 Å². The van der Waals surface area contributed by atoms with E-state index in [0.717, 1.165) is 5.56 Å². The van der Waals surface area contributed by atoms with E-state index in [4.69, 9.17) is 5.11 Å². The highest BCUT2D eigenvalue weighted by molar-refractivity contribution is 6.04. The number of nitrogens with one attached hydrogen (secondary N) is 1. The van der Waals surface area contributed by atoms with Crippen molar-refractivity contribution < 1.29 is 9.90 Å². The van der Waals surface area contributed by atoms with Gasteiger partial charge in [0.25, 0.3) is 5.91 Å². The molecular formula is C16H15N3O2. The monoisotopic (exact) mass is 281 g/mol. The smallest absolute Gasteiger partial charge is 0.257 e. The molecule has 0 aliphatic carbocycles. The summed E-state index contributed by atoms with van der Waals surface area (Å²) in [5.41, 5.74) is 2.80. The van der Waals surface area contributed by atoms with Crippen LogP contribution in [0, 0.1) is 18.8 Å². The second-order valence-electron chi connectivity index (χ2n) is 4.41. The number of hydrogen-bond donors (Lipinski definition) is 2. The van der Waals surface area contributed by atoms with Crippen LogP contribution in [0.25, 0.3) is 0 Å². The van der Waals surface area contributed by atoms with Gasteiger partial charge in [-0.2, -0.15) is 10.2 Å². The van der Waals surface area contributed by atoms with E-state index in [-0.39, 0.29) is 12.5 Å². The molecule has 0 saturated heterocycles. The first-order valence-electron chi connectivity index (χ1n) is 6.49. The molecule has 0 saturated carbocycles. The fourth-order valence-corrected chi connectivity index (χ4v) is 1.70. The number of benzene rings is 1. The van der Waals surface area contributed by atoms with Crippen molar-refractivity contribution >= 4 is 11.6 Å². The summed E-state index contributed by atoms with van der Waals surface area (Å²) in [5.74, 6) is 5.53. The Bertz CT molecular complexity index is 688. The summed E-state index contributed by atoms with van der Waals surface area (Å²) in [7, 11) is 0. The molecule has 0 spiro atoms. The van der Waals surface area contributed by atoms with Crippen molar-refractivity contribution in [2.75, 3.05) is 11.9 Å². The standard InChI is InChI=1S/C16H15N3O2/c1-12-5-6-13(4-2-3-9-20)15(10-12)19-16(21)14-7-8-17-18-11-14/h5-8,10-11,20H,3,9H2,1H3,(H,19,21). The number of rotatable bonds is 3. The van der Waals surface area contributed by atoms with Crippen LogP contribution in [0.2, 0.25) is 0 Å². The molecule has 0 bridgehead atoms. The van der Waals surface area contributed by atoms with E-state index in [1.54, 1.807) is 6.07 Å². The highest BCUT2D eigenvalue weighted by atomic mass is 16.2. The number of aliphatic hydroxyl groups is 1. The predicted molar refractivity (Wildman–Crippen MR) is 79.7 cm³/mol. The fourth-order valence-electron chi connectivity index (χ4n) is 1.70. The number of nitrogens with zero attached hydrogens (tertiary/aromatic N) is 2. The Morgan fingerprint density at radius 2 is 2.19 bits per heavy atom. The largest absolute Gasteiger partial charge is 0.395 e. The van der Waals surface area contributed by atoms with Gasteiger partial charge in [-0.3, -0.25) is 4.79 Å². The lowest BCUT2D eigenvalue weighted by Crippen LogP contribution is -2.13. The molecule has 1 amide bonds. The average molecular weight is 281 g/mol. The summed E-state index contributed by atoms with van der Waals surface area (Å²) in [6, 6.07) is 7.22. The molecule has 0 radical (unpaired) electrons. The maximum absolute atomic E-state index is 12.1. The van der Waals surface area contributed by atoms with Crippen molar-refractivity contribution in [1.29, 1.82) is 0 Å². The predicted octanol–water partition coefficient (Wildman–Crippen LogP) is 1.77. The molecule has 2 rings (SSSR count). The van der Waals surface area contributed by atoms with Crippen LogP contribution in [-0.2, 0) is 0 Å². The number of hydrogen-bond acceptors (Lipinski definition) is 4. The Balaban J connectivity index is 2.25. The van der Waals surface area contributed by atoms with Gasteiger partial charge in [-0.15, -0.1) is 0 Å². The van der Waals surface area contributed by atoms with E-state index >= 15 is 0 Å². The van der Waals surface area contributed by atoms with Gasteiger partial charge in [0.05, 0.1) is 30.3 Å². The zero-order valence-electron chi connectivity index (χ0n) is 11.6. The summed E-state index contributed by atoms with van der Waals surface area (Å²) in [6.45, 7) is 1.96. The highest BCUT2D eigenvalue weighted by Crippen LogP contribution is 2.17. The van der Waals surface area contributed by atoms with Crippen LogP contribution in [0.15, 0.2) is 36.7 Å². The lowest BCUT2D eigenvalue weighted by atomic mass is 10.1. The van der Waals surface area contributed by atoms with E-state index in [1.807, 2.05) is 25.1 Å². The second kappa shape index (κ2) is 7.17. The molecule has 0 unspecified atom stereocenters. The Morgan fingerprint density at radius 1 is 1.33 bits per heavy atom. The van der Waals surface area contributed by atoms with Crippen LogP contribution in [0.3, 0.4) is 0 Å². The van der Waals surface area contributed by atoms with Crippen LogP contribution >= 0.6 is 0 Å². The van der Waals surface area contributed by atoms with Gasteiger partial charge >= 0.3 is 0 Å². The summed E-state index contributed by atoms with van der Waals surface area (Å²) >= 11 is 0. The number of carbonyl (C=O) groups is 1. The van der Waals surface area contributed by atoms with Crippen LogP contribution in [0.5, 0.6) is 0 Å². The number of aryl methyl sites for hydroxylation is 1. The van der Waals surface area contributed by atoms with Gasteiger partial charge in [0.15, 0.2) is 0 Å². The van der Waals surface area contributed by atoms with Gasteiger partial charge in [0.2, 0.25) is 0 Å². The first-order chi connectivity index (χ1) is 10.2. The number of aliphatic hydroxyl groups excluding tert-OH is 1. The maximum atomic E-state index is 12.1. The van der Waals surface area contributed by atoms with Crippen molar-refractivity contribution in [1.82, 2.24) is 10.2 Å². The first-order valence-corrected chi connectivity index (χ1v) is 6.49. The number of amides is 1. The van der Waals surface area contributed by atoms with Crippen molar-refractivity contribution in [2.45, 2.75) is 13.3 Å². The Morgan fingerprint density at radius 3 is 2.90 bits per heavy atom. The molecular weight excluding hydrogens is 266 g/mol. The van der Waals surface area contributed by atoms with E-state index in [2.05, 4.69) is 27.4 Å². The topological polar surface area (TPSA) is 75.1 Å². The van der Waals surface area contributed by atoms with E-state index < -0.39 is 0 Å². The number of carbonyl (C=O) groups excluding carboxylic acids is 1. The van der Waals surface area contributed by atoms with Crippen LogP contribution in [-0.4, -0.2) is 27.8 Å². The van der Waals surface area contributed by atoms with Crippen molar-refractivity contribution in [2.24, 2.45) is 0 Å². The molecule has 1 aromatic heterocycles. The summed E-state index contributed by atoms with van der Waals surface area (Å²) in [4.78, 5) is 12.1. The third-order valence-electron chi connectivity index (χ3n) is 2.73. The molecule has 2 aromatic rings. The average Bonchev–Trinajstić information content (AvgIpc) is 2.50. The third kappa shape index (κ3) is 4.13. The fraction of sp³-hybridized carbons (Fsp3) is 0.188. The second-order valence-corrected chi connectivity index (χ2v) is 4.41. The molecule has 106 valence electrons. The molecule has 0 atom stereocenters. The SMILES string of the molecule is Cc1ccc(C#CCCO)c(NC(=O)c2ccnnc2)c1. The minimum Gasteiger partial charge on any atom is -0.395 e. The molecule has 0 aliphatic heterocycles. The van der Waals surface area contributed by atoms with Crippen LogP contribution in [0.4, 0.5) is 5.69 Å². The van der Waals surface area contributed by atoms with Crippen molar-refractivity contribution in [3.05, 3.63) is 53.3 Å². The zero-order valence-corrected chi connectivity index (χ0v) is 11.6. The van der Waals surface area contributed by atoms with E-state index in [0.29, 0.717) is 23.2 Å². The number of anilines is 1. The van der Waals surface area contributed by atoms with Crippen LogP contribution in [0.1, 0.15) is 27.9 Å².